The number of anilines is 1. The van der Waals surface area contributed by atoms with E-state index in [1.807, 2.05) is 51.1 Å². The number of rotatable bonds is 8. The zero-order valence-electron chi connectivity index (χ0n) is 21.2. The van der Waals surface area contributed by atoms with Gasteiger partial charge in [-0.2, -0.15) is 0 Å². The molecule has 0 fully saturated rings. The molecule has 0 spiro atoms. The Morgan fingerprint density at radius 1 is 1.00 bits per heavy atom. The van der Waals surface area contributed by atoms with Gasteiger partial charge in [-0.25, -0.2) is 8.42 Å². The van der Waals surface area contributed by atoms with Crippen molar-refractivity contribution in [2.45, 2.75) is 45.8 Å². The first kappa shape index (κ1) is 27.5. The number of halogens is 1. The van der Waals surface area contributed by atoms with E-state index in [0.29, 0.717) is 16.1 Å². The maximum absolute atomic E-state index is 13.7. The number of carbonyl (C=O) groups excluding carboxylic acids is 2. The Kier molecular flexibility index (Phi) is 8.31. The molecule has 0 aromatic heterocycles. The van der Waals surface area contributed by atoms with Gasteiger partial charge in [0.05, 0.1) is 11.9 Å². The molecule has 0 aliphatic rings. The van der Waals surface area contributed by atoms with E-state index in [1.54, 1.807) is 43.3 Å². The lowest BCUT2D eigenvalue weighted by atomic mass is 10.1. The van der Waals surface area contributed by atoms with E-state index in [4.69, 9.17) is 11.6 Å². The molecule has 0 aliphatic carbocycles. The summed E-state index contributed by atoms with van der Waals surface area (Å²) in [5, 5.41) is 4.96. The van der Waals surface area contributed by atoms with Crippen LogP contribution in [0.3, 0.4) is 0 Å². The van der Waals surface area contributed by atoms with Crippen LogP contribution < -0.4 is 9.62 Å². The number of nitrogens with zero attached hydrogens (tertiary/aromatic N) is 2. The lowest BCUT2D eigenvalue weighted by molar-refractivity contribution is -0.140. The molecule has 7 nitrogen and oxygen atoms in total. The van der Waals surface area contributed by atoms with Crippen LogP contribution in [0, 0.1) is 0 Å². The van der Waals surface area contributed by atoms with Crippen molar-refractivity contribution in [3.05, 3.63) is 77.3 Å². The first-order chi connectivity index (χ1) is 16.8. The van der Waals surface area contributed by atoms with Gasteiger partial charge < -0.3 is 10.2 Å². The summed E-state index contributed by atoms with van der Waals surface area (Å²) in [7, 11) is -3.83. The van der Waals surface area contributed by atoms with Crippen molar-refractivity contribution >= 4 is 49.9 Å². The van der Waals surface area contributed by atoms with Gasteiger partial charge in [-0.15, -0.1) is 0 Å². The third-order valence-corrected chi connectivity index (χ3v) is 6.98. The number of nitrogens with one attached hydrogen (secondary N) is 1. The summed E-state index contributed by atoms with van der Waals surface area (Å²) in [6.07, 6.45) is 1.07. The highest BCUT2D eigenvalue weighted by atomic mass is 35.5. The fraction of sp³-hybridized carbons (Fsp3) is 0.333. The van der Waals surface area contributed by atoms with Crippen LogP contribution in [0.15, 0.2) is 66.7 Å². The highest BCUT2D eigenvalue weighted by Gasteiger charge is 2.31. The van der Waals surface area contributed by atoms with Crippen LogP contribution in [0.1, 0.15) is 33.3 Å². The molecule has 0 saturated heterocycles. The molecule has 192 valence electrons. The minimum atomic E-state index is -3.83. The zero-order chi connectivity index (χ0) is 26.7. The summed E-state index contributed by atoms with van der Waals surface area (Å²) < 4.78 is 26.9. The molecule has 0 heterocycles. The van der Waals surface area contributed by atoms with Gasteiger partial charge >= 0.3 is 0 Å². The van der Waals surface area contributed by atoms with Crippen LogP contribution >= 0.6 is 11.6 Å². The standard InChI is InChI=1S/C27H32ClN3O4S/c1-19(26(33)29-27(2,3)4)30(17-20-10-8-13-22(28)16-20)25(32)18-31(36(5,34)35)24-15-9-12-21-11-6-7-14-23(21)24/h6-16,19H,17-18H2,1-5H3,(H,29,33)/t19-/m0/s1. The van der Waals surface area contributed by atoms with Crippen molar-refractivity contribution in [2.75, 3.05) is 17.1 Å². The number of carbonyl (C=O) groups is 2. The second-order valence-corrected chi connectivity index (χ2v) is 12.2. The number of amides is 2. The van der Waals surface area contributed by atoms with Crippen LogP contribution in [0.5, 0.6) is 0 Å². The van der Waals surface area contributed by atoms with Gasteiger partial charge in [0, 0.05) is 22.5 Å². The van der Waals surface area contributed by atoms with Gasteiger partial charge in [-0.05, 0) is 56.8 Å². The number of hydrogen-bond acceptors (Lipinski definition) is 4. The van der Waals surface area contributed by atoms with Crippen molar-refractivity contribution in [3.63, 3.8) is 0 Å². The summed E-state index contributed by atoms with van der Waals surface area (Å²) in [6, 6.07) is 18.8. The third kappa shape index (κ3) is 6.98. The second-order valence-electron chi connectivity index (χ2n) is 9.83. The van der Waals surface area contributed by atoms with E-state index < -0.39 is 34.1 Å². The minimum Gasteiger partial charge on any atom is -0.350 e. The zero-order valence-corrected chi connectivity index (χ0v) is 22.7. The molecule has 0 radical (unpaired) electrons. The number of benzene rings is 3. The topological polar surface area (TPSA) is 86.8 Å². The summed E-state index contributed by atoms with van der Waals surface area (Å²) >= 11 is 6.15. The Labute approximate surface area is 218 Å². The van der Waals surface area contributed by atoms with E-state index >= 15 is 0 Å². The molecule has 2 amide bonds. The minimum absolute atomic E-state index is 0.0886. The Morgan fingerprint density at radius 2 is 1.64 bits per heavy atom. The van der Waals surface area contributed by atoms with Gasteiger partial charge in [0.15, 0.2) is 0 Å². The first-order valence-corrected chi connectivity index (χ1v) is 13.8. The van der Waals surface area contributed by atoms with Crippen molar-refractivity contribution in [1.29, 1.82) is 0 Å². The van der Waals surface area contributed by atoms with Crippen LogP contribution in [0.2, 0.25) is 5.02 Å². The van der Waals surface area contributed by atoms with Crippen LogP contribution in [0.25, 0.3) is 10.8 Å². The van der Waals surface area contributed by atoms with Gasteiger partial charge in [-0.3, -0.25) is 13.9 Å². The quantitative estimate of drug-likeness (QED) is 0.462. The molecule has 36 heavy (non-hydrogen) atoms. The third-order valence-electron chi connectivity index (χ3n) is 5.62. The van der Waals surface area contributed by atoms with Gasteiger partial charge in [0.1, 0.15) is 12.6 Å². The van der Waals surface area contributed by atoms with Crippen molar-refractivity contribution < 1.29 is 18.0 Å². The largest absolute Gasteiger partial charge is 0.350 e. The van der Waals surface area contributed by atoms with E-state index in [9.17, 15) is 18.0 Å². The van der Waals surface area contributed by atoms with Crippen molar-refractivity contribution in [3.8, 4) is 0 Å². The lowest BCUT2D eigenvalue weighted by Crippen LogP contribution is -2.54. The average Bonchev–Trinajstić information content (AvgIpc) is 2.78. The highest BCUT2D eigenvalue weighted by molar-refractivity contribution is 7.92. The molecule has 0 unspecified atom stereocenters. The summed E-state index contributed by atoms with van der Waals surface area (Å²) in [5.41, 5.74) is 0.624. The Bertz CT molecular complexity index is 1360. The Hall–Kier alpha value is -3.10. The molecule has 0 saturated carbocycles. The summed E-state index contributed by atoms with van der Waals surface area (Å²) in [5.74, 6) is -0.848. The molecule has 0 aliphatic heterocycles. The fourth-order valence-electron chi connectivity index (χ4n) is 3.91. The Balaban J connectivity index is 2.00. The SMILES string of the molecule is C[C@@H](C(=O)NC(C)(C)C)N(Cc1cccc(Cl)c1)C(=O)CN(c1cccc2ccccc12)S(C)(=O)=O. The summed E-state index contributed by atoms with van der Waals surface area (Å²) in [6.45, 7) is 6.82. The molecule has 3 aromatic carbocycles. The molecule has 1 atom stereocenters. The smallest absolute Gasteiger partial charge is 0.244 e. The number of fused-ring (bicyclic) bond motifs is 1. The maximum Gasteiger partial charge on any atom is 0.244 e. The molecule has 1 N–H and O–H groups in total. The second kappa shape index (κ2) is 10.9. The van der Waals surface area contributed by atoms with Crippen LogP contribution in [0.4, 0.5) is 5.69 Å². The molecule has 9 heteroatoms. The predicted octanol–water partition coefficient (Wildman–Crippen LogP) is 4.59. The van der Waals surface area contributed by atoms with Gasteiger partial charge in [0.25, 0.3) is 0 Å². The highest BCUT2D eigenvalue weighted by Crippen LogP contribution is 2.28. The molecule has 3 rings (SSSR count). The molecule has 3 aromatic rings. The lowest BCUT2D eigenvalue weighted by Gasteiger charge is -2.33. The van der Waals surface area contributed by atoms with Gasteiger partial charge in [0.2, 0.25) is 21.8 Å². The normalized spacial score (nSPS) is 12.7. The Morgan fingerprint density at radius 3 is 2.28 bits per heavy atom. The first-order valence-electron chi connectivity index (χ1n) is 11.6. The average molecular weight is 530 g/mol. The number of sulfonamides is 1. The maximum atomic E-state index is 13.7. The van der Waals surface area contributed by atoms with E-state index in [1.165, 1.54) is 4.90 Å². The van der Waals surface area contributed by atoms with Crippen molar-refractivity contribution in [2.24, 2.45) is 0 Å². The molecular formula is C27H32ClN3O4S. The van der Waals surface area contributed by atoms with Crippen LogP contribution in [-0.2, 0) is 26.2 Å². The van der Waals surface area contributed by atoms with E-state index in [0.717, 1.165) is 21.5 Å². The van der Waals surface area contributed by atoms with E-state index in [2.05, 4.69) is 5.32 Å². The fourth-order valence-corrected chi connectivity index (χ4v) is 4.98. The van der Waals surface area contributed by atoms with Crippen LogP contribution in [-0.4, -0.2) is 49.5 Å². The molecular weight excluding hydrogens is 498 g/mol. The van der Waals surface area contributed by atoms with Crippen molar-refractivity contribution in [1.82, 2.24) is 10.2 Å². The summed E-state index contributed by atoms with van der Waals surface area (Å²) in [4.78, 5) is 28.1. The van der Waals surface area contributed by atoms with E-state index in [-0.39, 0.29) is 12.5 Å². The monoisotopic (exact) mass is 529 g/mol. The number of hydrogen-bond donors (Lipinski definition) is 1. The molecule has 0 bridgehead atoms. The predicted molar refractivity (Wildman–Crippen MR) is 145 cm³/mol. The van der Waals surface area contributed by atoms with Gasteiger partial charge in [-0.1, -0.05) is 60.1 Å².